The number of hydrogen-bond acceptors (Lipinski definition) is 8. The first kappa shape index (κ1) is 23.7. The van der Waals surface area contributed by atoms with Crippen molar-refractivity contribution in [1.29, 1.82) is 0 Å². The zero-order chi connectivity index (χ0) is 15.1. The molecule has 0 aromatic carbocycles. The Bertz CT molecular complexity index is 322. The summed E-state index contributed by atoms with van der Waals surface area (Å²) < 4.78 is 54.6. The molecule has 0 saturated carbocycles. The fourth-order valence-corrected chi connectivity index (χ4v) is 1.29. The van der Waals surface area contributed by atoms with Gasteiger partial charge in [-0.15, -0.1) is 6.58 Å². The summed E-state index contributed by atoms with van der Waals surface area (Å²) in [5.74, 6) is 0. The maximum absolute atomic E-state index is 10.1. The van der Waals surface area contributed by atoms with Crippen molar-refractivity contribution < 1.29 is 65.7 Å². The topological polar surface area (TPSA) is 103 Å². The average Bonchev–Trinajstić information content (AvgIpc) is 2.38. The molecule has 0 saturated heterocycles. The van der Waals surface area contributed by atoms with Crippen molar-refractivity contribution in [3.05, 3.63) is 12.7 Å². The van der Waals surface area contributed by atoms with Gasteiger partial charge in [0.15, 0.2) is 0 Å². The van der Waals surface area contributed by atoms with Gasteiger partial charge >= 0.3 is 29.6 Å². The van der Waals surface area contributed by atoms with Gasteiger partial charge in [-0.2, -0.15) is 0 Å². The van der Waals surface area contributed by atoms with E-state index in [1.54, 1.807) is 6.08 Å². The Hall–Kier alpha value is 0.450. The quantitative estimate of drug-likeness (QED) is 0.101. The van der Waals surface area contributed by atoms with E-state index in [2.05, 4.69) is 10.8 Å². The summed E-state index contributed by atoms with van der Waals surface area (Å²) in [6.07, 6.45) is 1.67. The van der Waals surface area contributed by atoms with Crippen LogP contribution in [0.5, 0.6) is 0 Å². The molecule has 0 aliphatic carbocycles. The molecule has 0 bridgehead atoms. The van der Waals surface area contributed by atoms with E-state index in [-0.39, 0.29) is 49.4 Å². The Morgan fingerprint density at radius 1 is 0.810 bits per heavy atom. The van der Waals surface area contributed by atoms with E-state index in [1.165, 1.54) is 0 Å². The van der Waals surface area contributed by atoms with Crippen LogP contribution in [0.1, 0.15) is 0 Å². The normalized spacial score (nSPS) is 11.1. The van der Waals surface area contributed by atoms with E-state index in [4.69, 9.17) is 18.9 Å². The van der Waals surface area contributed by atoms with Gasteiger partial charge in [-0.1, -0.05) is 6.08 Å². The summed E-state index contributed by atoms with van der Waals surface area (Å²) >= 11 is 0. The first-order valence-corrected chi connectivity index (χ1v) is 7.41. The van der Waals surface area contributed by atoms with Crippen LogP contribution in [0.25, 0.3) is 0 Å². The molecule has 10 heteroatoms. The number of rotatable bonds is 15. The summed E-state index contributed by atoms with van der Waals surface area (Å²) in [4.78, 5) is 0. The molecule has 120 valence electrons. The first-order chi connectivity index (χ1) is 9.56. The van der Waals surface area contributed by atoms with Crippen LogP contribution in [0.2, 0.25) is 0 Å². The molecular weight excluding hydrogens is 315 g/mol. The van der Waals surface area contributed by atoms with E-state index in [9.17, 15) is 13.0 Å². The van der Waals surface area contributed by atoms with Crippen molar-refractivity contribution in [2.45, 2.75) is 0 Å². The third-order valence-electron chi connectivity index (χ3n) is 1.81. The summed E-state index contributed by atoms with van der Waals surface area (Å²) in [6.45, 7) is 6.27. The Morgan fingerprint density at radius 2 is 1.19 bits per heavy atom. The Morgan fingerprint density at radius 3 is 1.57 bits per heavy atom. The van der Waals surface area contributed by atoms with E-state index < -0.39 is 10.4 Å². The van der Waals surface area contributed by atoms with E-state index in [1.807, 2.05) is 0 Å². The monoisotopic (exact) mass is 336 g/mol. The van der Waals surface area contributed by atoms with E-state index in [0.29, 0.717) is 39.6 Å². The van der Waals surface area contributed by atoms with Crippen molar-refractivity contribution in [2.24, 2.45) is 0 Å². The van der Waals surface area contributed by atoms with Crippen molar-refractivity contribution in [3.63, 3.8) is 0 Å². The molecule has 21 heavy (non-hydrogen) atoms. The van der Waals surface area contributed by atoms with Crippen LogP contribution in [-0.2, 0) is 33.5 Å². The molecule has 0 unspecified atom stereocenters. The van der Waals surface area contributed by atoms with Crippen molar-refractivity contribution in [2.75, 3.05) is 59.5 Å². The summed E-state index contributed by atoms with van der Waals surface area (Å²) in [5.41, 5.74) is 0. The Kier molecular flexibility index (Phi) is 19.0. The maximum Gasteiger partial charge on any atom is 1.00 e. The summed E-state index contributed by atoms with van der Waals surface area (Å²) in [5, 5.41) is 0. The van der Waals surface area contributed by atoms with Crippen LogP contribution in [0, 0.1) is 0 Å². The van der Waals surface area contributed by atoms with Crippen LogP contribution in [-0.4, -0.2) is 72.4 Å². The van der Waals surface area contributed by atoms with Crippen molar-refractivity contribution >= 4 is 10.4 Å². The average molecular weight is 336 g/mol. The largest absolute Gasteiger partial charge is 1.00 e. The van der Waals surface area contributed by atoms with E-state index >= 15 is 0 Å². The predicted octanol–water partition coefficient (Wildman–Crippen LogP) is -3.28. The van der Waals surface area contributed by atoms with Gasteiger partial charge in [-0.25, -0.2) is 8.42 Å². The van der Waals surface area contributed by atoms with E-state index in [0.717, 1.165) is 0 Å². The van der Waals surface area contributed by atoms with Gasteiger partial charge in [-0.3, -0.25) is 4.18 Å². The van der Waals surface area contributed by atoms with Crippen LogP contribution in [0.15, 0.2) is 12.7 Å². The van der Waals surface area contributed by atoms with Gasteiger partial charge in [-0.05, 0) is 0 Å². The molecule has 8 nitrogen and oxygen atoms in total. The van der Waals surface area contributed by atoms with Gasteiger partial charge in [0, 0.05) is 0 Å². The zero-order valence-electron chi connectivity index (χ0n) is 12.3. The minimum atomic E-state index is -4.63. The van der Waals surface area contributed by atoms with Crippen LogP contribution >= 0.6 is 0 Å². The molecule has 0 N–H and O–H groups in total. The van der Waals surface area contributed by atoms with Gasteiger partial charge < -0.3 is 23.5 Å². The molecule has 0 spiro atoms. The molecular formula is C11H21NaO8S. The zero-order valence-corrected chi connectivity index (χ0v) is 15.1. The summed E-state index contributed by atoms with van der Waals surface area (Å²) in [6, 6.07) is 0. The summed E-state index contributed by atoms with van der Waals surface area (Å²) in [7, 11) is -4.63. The van der Waals surface area contributed by atoms with Gasteiger partial charge in [0.25, 0.3) is 0 Å². The molecule has 0 rings (SSSR count). The molecule has 0 aliphatic heterocycles. The molecule has 0 aromatic rings. The van der Waals surface area contributed by atoms with Gasteiger partial charge in [0.05, 0.1) is 59.5 Å². The Balaban J connectivity index is 0. The Labute approximate surface area is 148 Å². The minimum Gasteiger partial charge on any atom is -0.726 e. The molecule has 0 amide bonds. The maximum atomic E-state index is 10.1. The van der Waals surface area contributed by atoms with Crippen molar-refractivity contribution in [3.8, 4) is 0 Å². The minimum absolute atomic E-state index is 0. The SMILES string of the molecule is C=CCOCCOCCOCCOCCOS(=O)(=O)[O-].[Na+]. The second-order valence-electron chi connectivity index (χ2n) is 3.43. The predicted molar refractivity (Wildman–Crippen MR) is 69.1 cm³/mol. The molecule has 0 fully saturated rings. The molecule has 0 aliphatic rings. The third kappa shape index (κ3) is 22.9. The fourth-order valence-electron chi connectivity index (χ4n) is 1.02. The van der Waals surface area contributed by atoms with Crippen LogP contribution < -0.4 is 29.6 Å². The third-order valence-corrected chi connectivity index (χ3v) is 2.26. The first-order valence-electron chi connectivity index (χ1n) is 6.08. The molecule has 0 aromatic heterocycles. The van der Waals surface area contributed by atoms with Gasteiger partial charge in [0.2, 0.25) is 10.4 Å². The number of ether oxygens (including phenoxy) is 4. The standard InChI is InChI=1S/C11H22O8S.Na/c1-2-3-15-4-5-16-6-7-17-8-9-18-10-11-19-20(12,13)14;/h2H,1,3-11H2,(H,12,13,14);/q;+1/p-1. The smallest absolute Gasteiger partial charge is 0.726 e. The second kappa shape index (κ2) is 16.8. The molecule has 0 radical (unpaired) electrons. The van der Waals surface area contributed by atoms with Crippen molar-refractivity contribution in [1.82, 2.24) is 0 Å². The second-order valence-corrected chi connectivity index (χ2v) is 4.48. The molecule has 0 atom stereocenters. The number of hydrogen-bond donors (Lipinski definition) is 0. The van der Waals surface area contributed by atoms with Crippen LogP contribution in [0.3, 0.4) is 0 Å². The fraction of sp³-hybridized carbons (Fsp3) is 0.818. The molecule has 0 heterocycles. The van der Waals surface area contributed by atoms with Gasteiger partial charge in [0.1, 0.15) is 0 Å². The van der Waals surface area contributed by atoms with Crippen LogP contribution in [0.4, 0.5) is 0 Å².